The first-order valence-corrected chi connectivity index (χ1v) is 8.73. The first kappa shape index (κ1) is 16.5. The molecular weight excluding hydrogens is 369 g/mol. The number of rotatable bonds is 6. The fraction of sp³-hybridized carbons (Fsp3) is 0.368. The van der Waals surface area contributed by atoms with Gasteiger partial charge < -0.3 is 5.32 Å². The van der Waals surface area contributed by atoms with Crippen molar-refractivity contribution in [1.29, 1.82) is 0 Å². The molecule has 0 amide bonds. The molecule has 0 aliphatic carbocycles. The minimum Gasteiger partial charge on any atom is -0.310 e. The van der Waals surface area contributed by atoms with Gasteiger partial charge in [0.2, 0.25) is 0 Å². The topological polar surface area (TPSA) is 12.0 Å². The van der Waals surface area contributed by atoms with Crippen molar-refractivity contribution in [3.8, 4) is 0 Å². The molecule has 1 atom stereocenters. The van der Waals surface area contributed by atoms with Crippen molar-refractivity contribution in [3.63, 3.8) is 0 Å². The van der Waals surface area contributed by atoms with Crippen molar-refractivity contribution >= 4 is 22.6 Å². The predicted molar refractivity (Wildman–Crippen MR) is 99.8 cm³/mol. The van der Waals surface area contributed by atoms with Crippen molar-refractivity contribution < 1.29 is 0 Å². The highest BCUT2D eigenvalue weighted by Gasteiger charge is 2.14. The minimum absolute atomic E-state index is 0.389. The highest BCUT2D eigenvalue weighted by atomic mass is 127. The lowest BCUT2D eigenvalue weighted by Gasteiger charge is -2.21. The monoisotopic (exact) mass is 393 g/mol. The van der Waals surface area contributed by atoms with Gasteiger partial charge in [-0.1, -0.05) is 43.3 Å². The molecule has 0 aromatic heterocycles. The van der Waals surface area contributed by atoms with Crippen LogP contribution in [0.3, 0.4) is 0 Å². The summed E-state index contributed by atoms with van der Waals surface area (Å²) in [5.74, 6) is 0. The Hall–Kier alpha value is -0.870. The maximum atomic E-state index is 3.70. The van der Waals surface area contributed by atoms with Crippen LogP contribution in [0.4, 0.5) is 0 Å². The van der Waals surface area contributed by atoms with Crippen LogP contribution in [0.2, 0.25) is 0 Å². The third-order valence-electron chi connectivity index (χ3n) is 3.93. The summed E-state index contributed by atoms with van der Waals surface area (Å²) in [4.78, 5) is 0. The summed E-state index contributed by atoms with van der Waals surface area (Å²) in [5.41, 5.74) is 5.56. The van der Waals surface area contributed by atoms with Crippen LogP contribution < -0.4 is 5.32 Å². The van der Waals surface area contributed by atoms with E-state index >= 15 is 0 Å². The van der Waals surface area contributed by atoms with Gasteiger partial charge in [0, 0.05) is 9.61 Å². The molecule has 0 radical (unpaired) electrons. The predicted octanol–water partition coefficient (Wildman–Crippen LogP) is 5.19. The van der Waals surface area contributed by atoms with E-state index in [-0.39, 0.29) is 0 Å². The van der Waals surface area contributed by atoms with E-state index in [2.05, 4.69) is 91.1 Å². The maximum absolute atomic E-state index is 3.70. The Morgan fingerprint density at radius 2 is 1.81 bits per heavy atom. The summed E-state index contributed by atoms with van der Waals surface area (Å²) in [6.07, 6.45) is 2.20. The van der Waals surface area contributed by atoms with Crippen molar-refractivity contribution in [1.82, 2.24) is 5.32 Å². The van der Waals surface area contributed by atoms with E-state index in [1.165, 1.54) is 25.8 Å². The zero-order valence-electron chi connectivity index (χ0n) is 13.1. The largest absolute Gasteiger partial charge is 0.310 e. The third kappa shape index (κ3) is 4.55. The van der Waals surface area contributed by atoms with Gasteiger partial charge in [-0.2, -0.15) is 0 Å². The fourth-order valence-electron chi connectivity index (χ4n) is 2.53. The molecule has 1 unspecified atom stereocenters. The van der Waals surface area contributed by atoms with Crippen LogP contribution in [-0.4, -0.2) is 6.54 Å². The molecular formula is C19H24IN. The molecule has 0 fully saturated rings. The quantitative estimate of drug-likeness (QED) is 0.666. The minimum atomic E-state index is 0.389. The highest BCUT2D eigenvalue weighted by molar-refractivity contribution is 14.1. The number of hydrogen-bond donors (Lipinski definition) is 1. The standard InChI is InChI=1S/C19H24IN/c1-4-11-21-19(17-7-5-6-8-18(17)20)13-16-10-9-14(2)15(3)12-16/h5-10,12,19,21H,4,11,13H2,1-3H3. The molecule has 0 aliphatic heterocycles. The van der Waals surface area contributed by atoms with Crippen LogP contribution in [0.1, 0.15) is 41.6 Å². The Morgan fingerprint density at radius 3 is 2.48 bits per heavy atom. The second kappa shape index (κ2) is 7.95. The van der Waals surface area contributed by atoms with Gasteiger partial charge in [0.1, 0.15) is 0 Å². The van der Waals surface area contributed by atoms with E-state index in [0.717, 1.165) is 19.4 Å². The van der Waals surface area contributed by atoms with Gasteiger partial charge >= 0.3 is 0 Å². The van der Waals surface area contributed by atoms with Gasteiger partial charge in [-0.3, -0.25) is 0 Å². The van der Waals surface area contributed by atoms with Crippen LogP contribution in [0.25, 0.3) is 0 Å². The second-order valence-electron chi connectivity index (χ2n) is 5.65. The van der Waals surface area contributed by atoms with Crippen LogP contribution in [-0.2, 0) is 6.42 Å². The molecule has 0 bridgehead atoms. The average molecular weight is 393 g/mol. The van der Waals surface area contributed by atoms with Gasteiger partial charge in [-0.15, -0.1) is 0 Å². The number of hydrogen-bond acceptors (Lipinski definition) is 1. The van der Waals surface area contributed by atoms with Gasteiger partial charge in [-0.05, 0) is 84.1 Å². The molecule has 0 saturated carbocycles. The summed E-state index contributed by atoms with van der Waals surface area (Å²) in [5, 5.41) is 3.70. The zero-order valence-corrected chi connectivity index (χ0v) is 15.3. The lowest BCUT2D eigenvalue weighted by molar-refractivity contribution is 0.527. The molecule has 2 heteroatoms. The molecule has 1 N–H and O–H groups in total. The van der Waals surface area contributed by atoms with Gasteiger partial charge in [0.15, 0.2) is 0 Å². The fourth-order valence-corrected chi connectivity index (χ4v) is 3.30. The third-order valence-corrected chi connectivity index (χ3v) is 4.91. The molecule has 0 heterocycles. The lowest BCUT2D eigenvalue weighted by atomic mass is 9.96. The van der Waals surface area contributed by atoms with Crippen molar-refractivity contribution in [2.45, 2.75) is 39.7 Å². The Bertz CT molecular complexity index is 592. The van der Waals surface area contributed by atoms with Crippen LogP contribution in [0.15, 0.2) is 42.5 Å². The van der Waals surface area contributed by atoms with E-state index in [9.17, 15) is 0 Å². The van der Waals surface area contributed by atoms with Gasteiger partial charge in [0.05, 0.1) is 0 Å². The summed E-state index contributed by atoms with van der Waals surface area (Å²) in [6, 6.07) is 15.9. The van der Waals surface area contributed by atoms with E-state index in [4.69, 9.17) is 0 Å². The SMILES string of the molecule is CCCNC(Cc1ccc(C)c(C)c1)c1ccccc1I. The lowest BCUT2D eigenvalue weighted by Crippen LogP contribution is -2.24. The van der Waals surface area contributed by atoms with E-state index in [1.54, 1.807) is 0 Å². The van der Waals surface area contributed by atoms with Crippen LogP contribution in [0, 0.1) is 17.4 Å². The van der Waals surface area contributed by atoms with Crippen LogP contribution in [0.5, 0.6) is 0 Å². The number of halogens is 1. The first-order valence-electron chi connectivity index (χ1n) is 7.65. The molecule has 112 valence electrons. The molecule has 0 saturated heterocycles. The van der Waals surface area contributed by atoms with Crippen LogP contribution >= 0.6 is 22.6 Å². The molecule has 2 rings (SSSR count). The Morgan fingerprint density at radius 1 is 1.05 bits per heavy atom. The van der Waals surface area contributed by atoms with Crippen molar-refractivity contribution in [2.24, 2.45) is 0 Å². The van der Waals surface area contributed by atoms with Crippen molar-refractivity contribution in [2.75, 3.05) is 6.54 Å². The van der Waals surface area contributed by atoms with E-state index < -0.39 is 0 Å². The van der Waals surface area contributed by atoms with Gasteiger partial charge in [0.25, 0.3) is 0 Å². The highest BCUT2D eigenvalue weighted by Crippen LogP contribution is 2.24. The summed E-state index contributed by atoms with van der Waals surface area (Å²) < 4.78 is 1.34. The molecule has 0 spiro atoms. The summed E-state index contributed by atoms with van der Waals surface area (Å²) in [6.45, 7) is 7.64. The smallest absolute Gasteiger partial charge is 0.0371 e. The average Bonchev–Trinajstić information content (AvgIpc) is 2.48. The van der Waals surface area contributed by atoms with Crippen molar-refractivity contribution in [3.05, 3.63) is 68.3 Å². The Balaban J connectivity index is 2.24. The first-order chi connectivity index (χ1) is 10.1. The van der Waals surface area contributed by atoms with Gasteiger partial charge in [-0.25, -0.2) is 0 Å². The van der Waals surface area contributed by atoms with E-state index in [1.807, 2.05) is 0 Å². The Labute approximate surface area is 142 Å². The zero-order chi connectivity index (χ0) is 15.2. The normalized spacial score (nSPS) is 12.4. The number of nitrogens with one attached hydrogen (secondary N) is 1. The molecule has 1 nitrogen and oxygen atoms in total. The summed E-state index contributed by atoms with van der Waals surface area (Å²) in [7, 11) is 0. The second-order valence-corrected chi connectivity index (χ2v) is 6.81. The number of benzene rings is 2. The maximum Gasteiger partial charge on any atom is 0.0371 e. The molecule has 2 aromatic rings. The molecule has 2 aromatic carbocycles. The number of aryl methyl sites for hydroxylation is 2. The molecule has 21 heavy (non-hydrogen) atoms. The molecule has 0 aliphatic rings. The summed E-state index contributed by atoms with van der Waals surface area (Å²) >= 11 is 2.44. The Kier molecular flexibility index (Phi) is 6.24. The van der Waals surface area contributed by atoms with E-state index in [0.29, 0.717) is 6.04 Å².